The average molecular weight is 609 g/mol. The molecule has 1 heterocycles. The maximum absolute atomic E-state index is 3.59. The minimum Gasteiger partial charge on any atom is -0.355 e. The van der Waals surface area contributed by atoms with Crippen LogP contribution in [0.5, 0.6) is 0 Å². The van der Waals surface area contributed by atoms with Gasteiger partial charge in [-0.2, -0.15) is 0 Å². The molecule has 0 aliphatic heterocycles. The van der Waals surface area contributed by atoms with Crippen molar-refractivity contribution in [1.82, 2.24) is 4.98 Å². The predicted octanol–water partition coefficient (Wildman–Crippen LogP) is 12.6. The fourth-order valence-electron chi connectivity index (χ4n) is 9.33. The molecule has 0 amide bonds. The van der Waals surface area contributed by atoms with Crippen LogP contribution < -0.4 is 4.90 Å². The standard InChI is InChI=1S/C45H40N2/c1-3-13-33-26-30(2)29-45(33)39-20-9-7-19-37(39)44-40(45)21-12-23-43(44)47(34-15-5-4-6-16-34)35-17-11-14-31(27-35)32-24-25-42-38(28-32)36-18-8-10-22-41(36)46-42/h4-12,14-25,27-28,30,33,46H,3,13,26,29H2,1-2H3. The molecule has 1 saturated carbocycles. The van der Waals surface area contributed by atoms with Crippen LogP contribution in [0, 0.1) is 11.8 Å². The molecule has 0 bridgehead atoms. The van der Waals surface area contributed by atoms with Crippen LogP contribution in [-0.2, 0) is 5.41 Å². The van der Waals surface area contributed by atoms with Crippen molar-refractivity contribution in [1.29, 1.82) is 0 Å². The molecule has 2 nitrogen and oxygen atoms in total. The SMILES string of the molecule is CCCC1CC(C)CC12c1ccccc1-c1c(N(c3ccccc3)c3cccc(-c4ccc5[nH]c6ccccc6c5c4)c3)cccc12. The summed E-state index contributed by atoms with van der Waals surface area (Å²) in [6.07, 6.45) is 5.02. The van der Waals surface area contributed by atoms with E-state index in [9.17, 15) is 0 Å². The normalized spacial score (nSPS) is 19.8. The van der Waals surface area contributed by atoms with Crippen molar-refractivity contribution >= 4 is 38.9 Å². The summed E-state index contributed by atoms with van der Waals surface area (Å²) in [5.41, 5.74) is 14.4. The number of hydrogen-bond acceptors (Lipinski definition) is 1. The molecule has 2 heteroatoms. The Labute approximate surface area is 277 Å². The lowest BCUT2D eigenvalue weighted by Gasteiger charge is -2.35. The largest absolute Gasteiger partial charge is 0.355 e. The van der Waals surface area contributed by atoms with Crippen molar-refractivity contribution in [3.63, 3.8) is 0 Å². The Bertz CT molecular complexity index is 2260. The smallest absolute Gasteiger partial charge is 0.0543 e. The van der Waals surface area contributed by atoms with Gasteiger partial charge in [0.2, 0.25) is 0 Å². The van der Waals surface area contributed by atoms with Gasteiger partial charge in [0.1, 0.15) is 0 Å². The third-order valence-corrected chi connectivity index (χ3v) is 11.1. The van der Waals surface area contributed by atoms with E-state index in [2.05, 4.69) is 163 Å². The number of H-pyrrole nitrogens is 1. The van der Waals surface area contributed by atoms with Gasteiger partial charge in [-0.25, -0.2) is 0 Å². The first-order chi connectivity index (χ1) is 23.2. The highest BCUT2D eigenvalue weighted by Gasteiger charge is 2.53. The van der Waals surface area contributed by atoms with Crippen molar-refractivity contribution < 1.29 is 0 Å². The van der Waals surface area contributed by atoms with Gasteiger partial charge in [-0.1, -0.05) is 111 Å². The minimum absolute atomic E-state index is 0.0797. The van der Waals surface area contributed by atoms with Gasteiger partial charge < -0.3 is 9.88 Å². The monoisotopic (exact) mass is 608 g/mol. The number of nitrogens with one attached hydrogen (secondary N) is 1. The van der Waals surface area contributed by atoms with Crippen LogP contribution >= 0.6 is 0 Å². The van der Waals surface area contributed by atoms with E-state index in [0.29, 0.717) is 11.8 Å². The molecular formula is C45H40N2. The number of aromatic nitrogens is 1. The third kappa shape index (κ3) is 4.31. The number of hydrogen-bond donors (Lipinski definition) is 1. The summed E-state index contributed by atoms with van der Waals surface area (Å²) >= 11 is 0. The van der Waals surface area contributed by atoms with E-state index in [1.54, 1.807) is 5.56 Å². The van der Waals surface area contributed by atoms with Crippen molar-refractivity contribution in [2.45, 2.75) is 44.9 Å². The molecule has 1 aromatic heterocycles. The number of rotatable bonds is 6. The zero-order valence-electron chi connectivity index (χ0n) is 27.2. The number of fused-ring (bicyclic) bond motifs is 8. The molecule has 0 saturated heterocycles. The maximum atomic E-state index is 3.59. The first-order valence-electron chi connectivity index (χ1n) is 17.3. The fraction of sp³-hybridized carbons (Fsp3) is 0.200. The fourth-order valence-corrected chi connectivity index (χ4v) is 9.33. The summed E-state index contributed by atoms with van der Waals surface area (Å²) in [4.78, 5) is 6.08. The van der Waals surface area contributed by atoms with E-state index in [1.165, 1.54) is 92.4 Å². The molecule has 1 spiro atoms. The molecular weight excluding hydrogens is 569 g/mol. The van der Waals surface area contributed by atoms with Gasteiger partial charge in [0.15, 0.2) is 0 Å². The maximum Gasteiger partial charge on any atom is 0.0543 e. The van der Waals surface area contributed by atoms with Gasteiger partial charge in [-0.15, -0.1) is 0 Å². The van der Waals surface area contributed by atoms with Crippen LogP contribution in [0.3, 0.4) is 0 Å². The van der Waals surface area contributed by atoms with Crippen LogP contribution in [-0.4, -0.2) is 4.98 Å². The van der Waals surface area contributed by atoms with Crippen molar-refractivity contribution in [3.8, 4) is 22.3 Å². The summed E-state index contributed by atoms with van der Waals surface area (Å²) < 4.78 is 0. The molecule has 1 N–H and O–H groups in total. The van der Waals surface area contributed by atoms with Crippen LogP contribution in [0.2, 0.25) is 0 Å². The van der Waals surface area contributed by atoms with Gasteiger partial charge in [-0.05, 0) is 107 Å². The lowest BCUT2D eigenvalue weighted by molar-refractivity contribution is 0.355. The Kier molecular flexibility index (Phi) is 6.61. The van der Waals surface area contributed by atoms with Crippen molar-refractivity contribution in [2.75, 3.05) is 4.90 Å². The van der Waals surface area contributed by atoms with E-state index in [4.69, 9.17) is 0 Å². The Morgan fingerprint density at radius 3 is 2.28 bits per heavy atom. The molecule has 0 radical (unpaired) electrons. The molecule has 6 aromatic carbocycles. The van der Waals surface area contributed by atoms with Gasteiger partial charge in [0.25, 0.3) is 0 Å². The second-order valence-corrected chi connectivity index (χ2v) is 13.9. The highest BCUT2D eigenvalue weighted by molar-refractivity contribution is 6.08. The van der Waals surface area contributed by atoms with Gasteiger partial charge in [-0.3, -0.25) is 0 Å². The van der Waals surface area contributed by atoms with Crippen LogP contribution in [0.15, 0.2) is 140 Å². The Hall–Kier alpha value is -5.08. The number of benzene rings is 6. The van der Waals surface area contributed by atoms with E-state index >= 15 is 0 Å². The third-order valence-electron chi connectivity index (χ3n) is 11.1. The predicted molar refractivity (Wildman–Crippen MR) is 199 cm³/mol. The summed E-state index contributed by atoms with van der Waals surface area (Å²) in [7, 11) is 0. The van der Waals surface area contributed by atoms with E-state index in [1.807, 2.05) is 0 Å². The van der Waals surface area contributed by atoms with Gasteiger partial charge in [0, 0.05) is 44.2 Å². The summed E-state index contributed by atoms with van der Waals surface area (Å²) in [6.45, 7) is 4.83. The number of nitrogens with zero attached hydrogens (tertiary/aromatic N) is 1. The molecule has 2 aliphatic carbocycles. The number of para-hydroxylation sites is 2. The zero-order chi connectivity index (χ0) is 31.5. The Morgan fingerprint density at radius 2 is 1.38 bits per heavy atom. The van der Waals surface area contributed by atoms with Gasteiger partial charge in [0.05, 0.1) is 5.69 Å². The molecule has 3 atom stereocenters. The van der Waals surface area contributed by atoms with E-state index in [0.717, 1.165) is 0 Å². The summed E-state index contributed by atoms with van der Waals surface area (Å²) in [5, 5.41) is 2.53. The quantitative estimate of drug-likeness (QED) is 0.199. The van der Waals surface area contributed by atoms with E-state index < -0.39 is 0 Å². The Balaban J connectivity index is 1.24. The molecule has 47 heavy (non-hydrogen) atoms. The van der Waals surface area contributed by atoms with Crippen LogP contribution in [0.4, 0.5) is 17.1 Å². The first kappa shape index (κ1) is 28.2. The summed E-state index contributed by atoms with van der Waals surface area (Å²) in [6, 6.07) is 51.9. The highest BCUT2D eigenvalue weighted by Crippen LogP contribution is 2.63. The first-order valence-corrected chi connectivity index (χ1v) is 17.3. The highest BCUT2D eigenvalue weighted by atomic mass is 15.1. The van der Waals surface area contributed by atoms with Gasteiger partial charge >= 0.3 is 0 Å². The second kappa shape index (κ2) is 11.0. The lowest BCUT2D eigenvalue weighted by Crippen LogP contribution is -2.30. The lowest BCUT2D eigenvalue weighted by atomic mass is 9.69. The van der Waals surface area contributed by atoms with Crippen molar-refractivity contribution in [3.05, 3.63) is 151 Å². The zero-order valence-corrected chi connectivity index (χ0v) is 27.2. The summed E-state index contributed by atoms with van der Waals surface area (Å²) in [5.74, 6) is 1.37. The molecule has 3 unspecified atom stereocenters. The van der Waals surface area contributed by atoms with Crippen LogP contribution in [0.1, 0.15) is 50.7 Å². The number of anilines is 3. The molecule has 2 aliphatic rings. The average Bonchev–Trinajstić information content (AvgIpc) is 3.75. The molecule has 230 valence electrons. The Morgan fingerprint density at radius 1 is 0.660 bits per heavy atom. The molecule has 1 fully saturated rings. The van der Waals surface area contributed by atoms with Crippen molar-refractivity contribution in [2.24, 2.45) is 11.8 Å². The molecule has 9 rings (SSSR count). The number of aromatic amines is 1. The molecule has 7 aromatic rings. The minimum atomic E-state index is 0.0797. The van der Waals surface area contributed by atoms with E-state index in [-0.39, 0.29) is 5.41 Å². The topological polar surface area (TPSA) is 19.0 Å². The second-order valence-electron chi connectivity index (χ2n) is 13.9. The van der Waals surface area contributed by atoms with Crippen LogP contribution in [0.25, 0.3) is 44.1 Å².